The summed E-state index contributed by atoms with van der Waals surface area (Å²) in [6, 6.07) is 3.59. The number of carbonyl (C=O) groups excluding carboxylic acids is 1. The molecule has 0 spiro atoms. The molecule has 0 saturated heterocycles. The number of halogens is 1. The van der Waals surface area contributed by atoms with Crippen molar-refractivity contribution in [1.29, 1.82) is 0 Å². The zero-order chi connectivity index (χ0) is 15.5. The summed E-state index contributed by atoms with van der Waals surface area (Å²) in [5.74, 6) is -0.275. The number of anilines is 1. The number of nitro groups is 1. The van der Waals surface area contributed by atoms with Crippen molar-refractivity contribution in [3.63, 3.8) is 0 Å². The van der Waals surface area contributed by atoms with Crippen LogP contribution in [0.4, 0.5) is 11.4 Å². The molecule has 7 heteroatoms. The second-order valence-electron chi connectivity index (χ2n) is 5.65. The van der Waals surface area contributed by atoms with Crippen molar-refractivity contribution in [2.75, 3.05) is 5.32 Å². The number of nitrogens with two attached hydrogens (primary N) is 1. The molecular weight excluding hydrogens is 282 g/mol. The molecule has 0 radical (unpaired) electrons. The van der Waals surface area contributed by atoms with E-state index in [-0.39, 0.29) is 34.5 Å². The third kappa shape index (κ3) is 4.47. The highest BCUT2D eigenvalue weighted by Gasteiger charge is 2.23. The van der Waals surface area contributed by atoms with Gasteiger partial charge in [0.25, 0.3) is 5.69 Å². The highest BCUT2D eigenvalue weighted by atomic mass is 35.5. The largest absolute Gasteiger partial charge is 0.327 e. The van der Waals surface area contributed by atoms with Crippen molar-refractivity contribution in [3.05, 3.63) is 33.3 Å². The maximum absolute atomic E-state index is 11.9. The lowest BCUT2D eigenvalue weighted by Crippen LogP contribution is -2.38. The first-order valence-electron chi connectivity index (χ1n) is 6.10. The number of non-ortho nitro benzene ring substituents is 1. The third-order valence-corrected chi connectivity index (χ3v) is 3.27. The summed E-state index contributed by atoms with van der Waals surface area (Å²) in [5.41, 5.74) is 5.95. The van der Waals surface area contributed by atoms with E-state index in [4.69, 9.17) is 17.3 Å². The Hall–Kier alpha value is -1.66. The lowest BCUT2D eigenvalue weighted by Gasteiger charge is -2.26. The average molecular weight is 300 g/mol. The zero-order valence-electron chi connectivity index (χ0n) is 11.6. The van der Waals surface area contributed by atoms with Crippen LogP contribution in [0.3, 0.4) is 0 Å². The first-order valence-corrected chi connectivity index (χ1v) is 6.48. The van der Waals surface area contributed by atoms with Gasteiger partial charge in [-0.25, -0.2) is 0 Å². The molecule has 20 heavy (non-hydrogen) atoms. The summed E-state index contributed by atoms with van der Waals surface area (Å²) >= 11 is 5.89. The number of hydrogen-bond acceptors (Lipinski definition) is 4. The predicted molar refractivity (Wildman–Crippen MR) is 78.8 cm³/mol. The van der Waals surface area contributed by atoms with Gasteiger partial charge < -0.3 is 11.1 Å². The second-order valence-corrected chi connectivity index (χ2v) is 6.05. The van der Waals surface area contributed by atoms with E-state index in [0.717, 1.165) is 0 Å². The smallest absolute Gasteiger partial charge is 0.271 e. The van der Waals surface area contributed by atoms with Crippen molar-refractivity contribution < 1.29 is 9.72 Å². The fraction of sp³-hybridized carbons (Fsp3) is 0.462. The van der Waals surface area contributed by atoms with Gasteiger partial charge in [-0.2, -0.15) is 0 Å². The minimum absolute atomic E-state index is 0.122. The Morgan fingerprint density at radius 3 is 2.55 bits per heavy atom. The monoisotopic (exact) mass is 299 g/mol. The van der Waals surface area contributed by atoms with E-state index in [1.807, 2.05) is 20.8 Å². The predicted octanol–water partition coefficient (Wildman–Crippen LogP) is 2.95. The van der Waals surface area contributed by atoms with E-state index in [1.54, 1.807) is 0 Å². The molecule has 1 unspecified atom stereocenters. The molecule has 0 bridgehead atoms. The summed E-state index contributed by atoms with van der Waals surface area (Å²) in [6.07, 6.45) is 0.150. The minimum atomic E-state index is -0.549. The van der Waals surface area contributed by atoms with Gasteiger partial charge in [-0.05, 0) is 11.5 Å². The van der Waals surface area contributed by atoms with Crippen LogP contribution >= 0.6 is 11.6 Å². The number of rotatable bonds is 4. The van der Waals surface area contributed by atoms with Crippen LogP contribution < -0.4 is 11.1 Å². The Morgan fingerprint density at radius 2 is 2.10 bits per heavy atom. The van der Waals surface area contributed by atoms with Gasteiger partial charge in [0.1, 0.15) is 0 Å². The molecule has 0 heterocycles. The van der Waals surface area contributed by atoms with Gasteiger partial charge in [0.05, 0.1) is 15.6 Å². The number of nitrogens with zero attached hydrogens (tertiary/aromatic N) is 1. The average Bonchev–Trinajstić information content (AvgIpc) is 2.30. The lowest BCUT2D eigenvalue weighted by molar-refractivity contribution is -0.384. The topological polar surface area (TPSA) is 98.3 Å². The van der Waals surface area contributed by atoms with Gasteiger partial charge in [-0.1, -0.05) is 32.4 Å². The highest BCUT2D eigenvalue weighted by Crippen LogP contribution is 2.27. The van der Waals surface area contributed by atoms with Gasteiger partial charge in [-0.3, -0.25) is 14.9 Å². The molecule has 1 rings (SSSR count). The second kappa shape index (κ2) is 6.19. The number of benzene rings is 1. The van der Waals surface area contributed by atoms with Gasteiger partial charge in [-0.15, -0.1) is 0 Å². The van der Waals surface area contributed by atoms with Crippen LogP contribution in [0.5, 0.6) is 0 Å². The Kier molecular flexibility index (Phi) is 5.08. The number of carbonyl (C=O) groups is 1. The van der Waals surface area contributed by atoms with E-state index < -0.39 is 4.92 Å². The number of hydrogen-bond donors (Lipinski definition) is 2. The van der Waals surface area contributed by atoms with Gasteiger partial charge >= 0.3 is 0 Å². The lowest BCUT2D eigenvalue weighted by atomic mass is 9.85. The molecule has 3 N–H and O–H groups in total. The quantitative estimate of drug-likeness (QED) is 0.659. The SMILES string of the molecule is CC(C)(C)C(N)CC(=O)Nc1ccc([N+](=O)[O-])cc1Cl. The fourth-order valence-corrected chi connectivity index (χ4v) is 1.65. The molecule has 110 valence electrons. The maximum atomic E-state index is 11.9. The summed E-state index contributed by atoms with van der Waals surface area (Å²) in [7, 11) is 0. The molecule has 1 atom stereocenters. The number of amides is 1. The minimum Gasteiger partial charge on any atom is -0.327 e. The van der Waals surface area contributed by atoms with Crippen LogP contribution in [0, 0.1) is 15.5 Å². The number of nitrogens with one attached hydrogen (secondary N) is 1. The number of nitro benzene ring substituents is 1. The van der Waals surface area contributed by atoms with Crippen molar-refractivity contribution in [3.8, 4) is 0 Å². The van der Waals surface area contributed by atoms with Gasteiger partial charge in [0, 0.05) is 24.6 Å². The molecule has 0 aliphatic rings. The van der Waals surface area contributed by atoms with Crippen LogP contribution in [0.25, 0.3) is 0 Å². The molecule has 6 nitrogen and oxygen atoms in total. The fourth-order valence-electron chi connectivity index (χ4n) is 1.43. The standard InChI is InChI=1S/C13H18ClN3O3/c1-13(2,3)11(15)7-12(18)16-10-5-4-8(17(19)20)6-9(10)14/h4-6,11H,7,15H2,1-3H3,(H,16,18). The van der Waals surface area contributed by atoms with E-state index in [0.29, 0.717) is 5.69 Å². The third-order valence-electron chi connectivity index (χ3n) is 2.96. The van der Waals surface area contributed by atoms with Crippen molar-refractivity contribution >= 4 is 28.9 Å². The molecule has 1 aromatic carbocycles. The van der Waals surface area contributed by atoms with Crippen LogP contribution in [-0.4, -0.2) is 16.9 Å². The van der Waals surface area contributed by atoms with Crippen LogP contribution in [0.2, 0.25) is 5.02 Å². The summed E-state index contributed by atoms with van der Waals surface area (Å²) in [5, 5.41) is 13.3. The van der Waals surface area contributed by atoms with E-state index in [9.17, 15) is 14.9 Å². The Bertz CT molecular complexity index is 526. The molecule has 1 aromatic rings. The summed E-state index contributed by atoms with van der Waals surface area (Å²) in [6.45, 7) is 5.84. The van der Waals surface area contributed by atoms with Gasteiger partial charge in [0.2, 0.25) is 5.91 Å². The summed E-state index contributed by atoms with van der Waals surface area (Å²) < 4.78 is 0. The van der Waals surface area contributed by atoms with Crippen molar-refractivity contribution in [2.24, 2.45) is 11.1 Å². The molecule has 0 aromatic heterocycles. The highest BCUT2D eigenvalue weighted by molar-refractivity contribution is 6.33. The van der Waals surface area contributed by atoms with E-state index in [2.05, 4.69) is 5.32 Å². The van der Waals surface area contributed by atoms with Crippen molar-refractivity contribution in [1.82, 2.24) is 0 Å². The first-order chi connectivity index (χ1) is 9.11. The molecule has 1 amide bonds. The molecule has 0 fully saturated rings. The van der Waals surface area contributed by atoms with Gasteiger partial charge in [0.15, 0.2) is 0 Å². The Morgan fingerprint density at radius 1 is 1.50 bits per heavy atom. The van der Waals surface area contributed by atoms with Crippen LogP contribution in [-0.2, 0) is 4.79 Å². The van der Waals surface area contributed by atoms with Crippen LogP contribution in [0.1, 0.15) is 27.2 Å². The maximum Gasteiger partial charge on any atom is 0.271 e. The molecule has 0 aliphatic heterocycles. The van der Waals surface area contributed by atoms with Crippen LogP contribution in [0.15, 0.2) is 18.2 Å². The Balaban J connectivity index is 2.74. The normalized spacial score (nSPS) is 12.8. The van der Waals surface area contributed by atoms with E-state index >= 15 is 0 Å². The van der Waals surface area contributed by atoms with Crippen molar-refractivity contribution in [2.45, 2.75) is 33.2 Å². The molecule has 0 saturated carbocycles. The zero-order valence-corrected chi connectivity index (χ0v) is 12.4. The van der Waals surface area contributed by atoms with E-state index in [1.165, 1.54) is 18.2 Å². The Labute approximate surface area is 122 Å². The molecule has 0 aliphatic carbocycles. The molecular formula is C13H18ClN3O3. The first kappa shape index (κ1) is 16.4. The summed E-state index contributed by atoms with van der Waals surface area (Å²) in [4.78, 5) is 21.9.